The number of ketones is 1. The first-order valence-electron chi connectivity index (χ1n) is 9.85. The van der Waals surface area contributed by atoms with E-state index in [2.05, 4.69) is 9.71 Å². The van der Waals surface area contributed by atoms with E-state index >= 15 is 0 Å². The van der Waals surface area contributed by atoms with Crippen molar-refractivity contribution < 1.29 is 27.1 Å². The summed E-state index contributed by atoms with van der Waals surface area (Å²) < 4.78 is 52.2. The van der Waals surface area contributed by atoms with Crippen LogP contribution in [0.3, 0.4) is 0 Å². The van der Waals surface area contributed by atoms with Gasteiger partial charge in [-0.1, -0.05) is 13.0 Å². The van der Waals surface area contributed by atoms with Gasteiger partial charge in [-0.05, 0) is 36.8 Å². The Morgan fingerprint density at radius 1 is 1.19 bits per heavy atom. The van der Waals surface area contributed by atoms with Crippen molar-refractivity contribution in [1.82, 2.24) is 4.98 Å². The van der Waals surface area contributed by atoms with Crippen LogP contribution in [0.2, 0.25) is 0 Å². The van der Waals surface area contributed by atoms with Crippen LogP contribution in [-0.4, -0.2) is 32.0 Å². The molecule has 0 amide bonds. The molecule has 10 heteroatoms. The van der Waals surface area contributed by atoms with Gasteiger partial charge in [0.05, 0.1) is 24.3 Å². The number of ether oxygens (including phenoxy) is 2. The number of hydrogen-bond acceptors (Lipinski definition) is 7. The van der Waals surface area contributed by atoms with Gasteiger partial charge in [0.1, 0.15) is 11.5 Å². The summed E-state index contributed by atoms with van der Waals surface area (Å²) in [5.41, 5.74) is 0.705. The molecule has 0 atom stereocenters. The van der Waals surface area contributed by atoms with Crippen LogP contribution < -0.4 is 14.2 Å². The van der Waals surface area contributed by atoms with Gasteiger partial charge in [-0.25, -0.2) is 17.8 Å². The van der Waals surface area contributed by atoms with Crippen LogP contribution in [0.4, 0.5) is 10.1 Å². The van der Waals surface area contributed by atoms with Crippen molar-refractivity contribution in [2.45, 2.75) is 26.2 Å². The number of nitrogens with one attached hydrogen (secondary N) is 1. The van der Waals surface area contributed by atoms with Gasteiger partial charge < -0.3 is 9.47 Å². The SMILES string of the molecule is CCCS(=O)(=O)Nc1ccc(Oc2c(F)cccc2OC)c(CC(=O)Cc2nccs2)c1. The van der Waals surface area contributed by atoms with E-state index in [1.54, 1.807) is 24.6 Å². The minimum absolute atomic E-state index is 0.0318. The molecule has 32 heavy (non-hydrogen) atoms. The molecule has 0 fully saturated rings. The summed E-state index contributed by atoms with van der Waals surface area (Å²) in [5, 5.41) is 2.46. The van der Waals surface area contributed by atoms with Crippen LogP contribution in [0, 0.1) is 5.82 Å². The lowest BCUT2D eigenvalue weighted by molar-refractivity contribution is -0.117. The molecule has 0 spiro atoms. The number of anilines is 1. The van der Waals surface area contributed by atoms with Crippen molar-refractivity contribution in [1.29, 1.82) is 0 Å². The van der Waals surface area contributed by atoms with Crippen molar-refractivity contribution in [3.05, 3.63) is 64.4 Å². The molecular formula is C22H23FN2O5S2. The normalized spacial score (nSPS) is 11.2. The summed E-state index contributed by atoms with van der Waals surface area (Å²) in [6.07, 6.45) is 2.17. The van der Waals surface area contributed by atoms with Gasteiger partial charge >= 0.3 is 0 Å². The fraction of sp³-hybridized carbons (Fsp3) is 0.273. The summed E-state index contributed by atoms with van der Waals surface area (Å²) in [6, 6.07) is 8.81. The highest BCUT2D eigenvalue weighted by Crippen LogP contribution is 2.36. The Kier molecular flexibility index (Phi) is 7.81. The van der Waals surface area contributed by atoms with E-state index in [1.807, 2.05) is 0 Å². The van der Waals surface area contributed by atoms with Gasteiger partial charge in [-0.15, -0.1) is 11.3 Å². The molecule has 1 N–H and O–H groups in total. The van der Waals surface area contributed by atoms with Crippen LogP contribution in [0.25, 0.3) is 0 Å². The number of sulfonamides is 1. The van der Waals surface area contributed by atoms with E-state index in [0.29, 0.717) is 22.7 Å². The average molecular weight is 479 g/mol. The molecule has 0 radical (unpaired) electrons. The summed E-state index contributed by atoms with van der Waals surface area (Å²) in [7, 11) is -2.13. The van der Waals surface area contributed by atoms with Crippen LogP contribution in [-0.2, 0) is 27.7 Å². The summed E-state index contributed by atoms with van der Waals surface area (Å²) >= 11 is 1.37. The van der Waals surface area contributed by atoms with Gasteiger partial charge in [-0.2, -0.15) is 0 Å². The van der Waals surface area contributed by atoms with Crippen LogP contribution in [0.15, 0.2) is 48.0 Å². The number of aromatic nitrogens is 1. The highest BCUT2D eigenvalue weighted by atomic mass is 32.2. The number of halogens is 1. The van der Waals surface area contributed by atoms with Gasteiger partial charge in [0, 0.05) is 29.2 Å². The minimum Gasteiger partial charge on any atom is -0.493 e. The molecule has 0 bridgehead atoms. The Bertz CT molecular complexity index is 1180. The van der Waals surface area contributed by atoms with Crippen LogP contribution in [0.1, 0.15) is 23.9 Å². The highest BCUT2D eigenvalue weighted by Gasteiger charge is 2.18. The van der Waals surface area contributed by atoms with Gasteiger partial charge in [0.25, 0.3) is 0 Å². The second-order valence-electron chi connectivity index (χ2n) is 6.93. The molecule has 1 aromatic heterocycles. The van der Waals surface area contributed by atoms with Crippen LogP contribution in [0.5, 0.6) is 17.2 Å². The standard InChI is InChI=1S/C22H23FN2O5S2/c1-3-11-32(27,28)25-16-7-8-19(30-22-18(23)5-4-6-20(22)29-2)15(12-16)13-17(26)14-21-24-9-10-31-21/h4-10,12,25H,3,11,13-14H2,1-2H3. The fourth-order valence-electron chi connectivity index (χ4n) is 3.02. The Hall–Kier alpha value is -2.98. The smallest absolute Gasteiger partial charge is 0.232 e. The zero-order chi connectivity index (χ0) is 23.1. The van der Waals surface area contributed by atoms with Crippen molar-refractivity contribution in [2.24, 2.45) is 0 Å². The first kappa shape index (κ1) is 23.7. The maximum Gasteiger partial charge on any atom is 0.232 e. The molecule has 3 aromatic rings. The lowest BCUT2D eigenvalue weighted by Gasteiger charge is -2.16. The van der Waals surface area contributed by atoms with Crippen LogP contribution >= 0.6 is 11.3 Å². The third-order valence-electron chi connectivity index (χ3n) is 4.39. The molecule has 7 nitrogen and oxygen atoms in total. The number of nitrogens with zero attached hydrogens (tertiary/aromatic N) is 1. The van der Waals surface area contributed by atoms with E-state index in [4.69, 9.17) is 9.47 Å². The number of thiazole rings is 1. The molecule has 0 saturated carbocycles. The van der Waals surface area contributed by atoms with E-state index in [1.165, 1.54) is 48.8 Å². The molecule has 3 rings (SSSR count). The first-order valence-corrected chi connectivity index (χ1v) is 12.4. The van der Waals surface area contributed by atoms with E-state index in [0.717, 1.165) is 0 Å². The molecule has 2 aromatic carbocycles. The molecule has 0 aliphatic rings. The summed E-state index contributed by atoms with van der Waals surface area (Å²) in [5.74, 6) is -0.508. The molecule has 0 aliphatic heterocycles. The van der Waals surface area contributed by atoms with Crippen molar-refractivity contribution >= 4 is 32.8 Å². The maximum absolute atomic E-state index is 14.4. The molecule has 1 heterocycles. The number of carbonyl (C=O) groups is 1. The quantitative estimate of drug-likeness (QED) is 0.433. The number of benzene rings is 2. The van der Waals surface area contributed by atoms with Gasteiger partial charge in [-0.3, -0.25) is 9.52 Å². The van der Waals surface area contributed by atoms with Crippen molar-refractivity contribution in [3.63, 3.8) is 0 Å². The van der Waals surface area contributed by atoms with Crippen molar-refractivity contribution in [3.8, 4) is 17.2 Å². The van der Waals surface area contributed by atoms with E-state index < -0.39 is 15.8 Å². The average Bonchev–Trinajstić information content (AvgIpc) is 3.23. The monoisotopic (exact) mass is 478 g/mol. The Labute approximate surface area is 190 Å². The lowest BCUT2D eigenvalue weighted by Crippen LogP contribution is -2.16. The number of para-hydroxylation sites is 1. The largest absolute Gasteiger partial charge is 0.493 e. The highest BCUT2D eigenvalue weighted by molar-refractivity contribution is 7.92. The number of rotatable bonds is 11. The molecule has 170 valence electrons. The lowest BCUT2D eigenvalue weighted by atomic mass is 10.1. The minimum atomic E-state index is -3.52. The number of Topliss-reactive ketones (excluding diaryl/α,β-unsaturated/α-hetero) is 1. The van der Waals surface area contributed by atoms with Gasteiger partial charge in [0.15, 0.2) is 11.6 Å². The van der Waals surface area contributed by atoms with E-state index in [-0.39, 0.29) is 41.6 Å². The number of carbonyl (C=O) groups excluding carboxylic acids is 1. The summed E-state index contributed by atoms with van der Waals surface area (Å²) in [4.78, 5) is 16.8. The zero-order valence-corrected chi connectivity index (χ0v) is 19.3. The molecule has 0 saturated heterocycles. The topological polar surface area (TPSA) is 94.6 Å². The Balaban J connectivity index is 1.93. The van der Waals surface area contributed by atoms with E-state index in [9.17, 15) is 17.6 Å². The number of methoxy groups -OCH3 is 1. The van der Waals surface area contributed by atoms with Crippen molar-refractivity contribution in [2.75, 3.05) is 17.6 Å². The van der Waals surface area contributed by atoms with Gasteiger partial charge in [0.2, 0.25) is 15.8 Å². The first-order chi connectivity index (χ1) is 15.3. The predicted molar refractivity (Wildman–Crippen MR) is 122 cm³/mol. The maximum atomic E-state index is 14.4. The molecule has 0 aliphatic carbocycles. The fourth-order valence-corrected chi connectivity index (χ4v) is 4.79. The third kappa shape index (κ3) is 6.27. The second-order valence-corrected chi connectivity index (χ2v) is 9.76. The number of hydrogen-bond donors (Lipinski definition) is 1. The molecule has 0 unspecified atom stereocenters. The Morgan fingerprint density at radius 2 is 2.00 bits per heavy atom. The zero-order valence-electron chi connectivity index (χ0n) is 17.6. The summed E-state index contributed by atoms with van der Waals surface area (Å²) in [6.45, 7) is 1.76. The predicted octanol–water partition coefficient (Wildman–Crippen LogP) is 4.59. The molecular weight excluding hydrogens is 455 g/mol. The Morgan fingerprint density at radius 3 is 2.69 bits per heavy atom. The third-order valence-corrected chi connectivity index (χ3v) is 6.66. The second kappa shape index (κ2) is 10.6.